The first kappa shape index (κ1) is 18.5. The third-order valence-electron chi connectivity index (χ3n) is 5.66. The number of para-hydroxylation sites is 1. The predicted molar refractivity (Wildman–Crippen MR) is 115 cm³/mol. The molecular weight excluding hydrogens is 346 g/mol. The Morgan fingerprint density at radius 2 is 1.75 bits per heavy atom. The van der Waals surface area contributed by atoms with E-state index in [-0.39, 0.29) is 11.9 Å². The summed E-state index contributed by atoms with van der Waals surface area (Å²) in [6.45, 7) is 6.15. The second-order valence-electron chi connectivity index (χ2n) is 7.49. The molecule has 4 heteroatoms. The molecule has 1 aromatic heterocycles. The Morgan fingerprint density at radius 1 is 1.07 bits per heavy atom. The van der Waals surface area contributed by atoms with Gasteiger partial charge in [0.2, 0.25) is 0 Å². The summed E-state index contributed by atoms with van der Waals surface area (Å²) in [6, 6.07) is 18.1. The Morgan fingerprint density at radius 3 is 2.46 bits per heavy atom. The van der Waals surface area contributed by atoms with Crippen LogP contribution in [0.3, 0.4) is 0 Å². The number of carbonyl (C=O) groups is 1. The molecule has 0 spiro atoms. The quantitative estimate of drug-likeness (QED) is 0.683. The Bertz CT molecular complexity index is 978. The van der Waals surface area contributed by atoms with Crippen LogP contribution in [-0.4, -0.2) is 24.0 Å². The highest BCUT2D eigenvalue weighted by Gasteiger charge is 2.24. The average molecular weight is 374 g/mol. The molecule has 1 N–H and O–H groups in total. The fourth-order valence-corrected chi connectivity index (χ4v) is 4.16. The van der Waals surface area contributed by atoms with Crippen LogP contribution < -0.4 is 10.2 Å². The van der Waals surface area contributed by atoms with E-state index in [0.717, 1.165) is 52.9 Å². The maximum absolute atomic E-state index is 13.4. The zero-order valence-electron chi connectivity index (χ0n) is 16.6. The van der Waals surface area contributed by atoms with Crippen LogP contribution in [0.25, 0.3) is 10.9 Å². The lowest BCUT2D eigenvalue weighted by atomic mass is 10.00. The summed E-state index contributed by atoms with van der Waals surface area (Å²) in [4.78, 5) is 20.6. The molecular formula is C24H27N3O. The van der Waals surface area contributed by atoms with Crippen molar-refractivity contribution >= 4 is 22.6 Å². The number of hydrogen-bond acceptors (Lipinski definition) is 3. The number of carbonyl (C=O) groups excluding carboxylic acids is 1. The van der Waals surface area contributed by atoms with Crippen molar-refractivity contribution in [2.75, 3.05) is 18.0 Å². The first-order chi connectivity index (χ1) is 13.7. The van der Waals surface area contributed by atoms with Gasteiger partial charge in [0.15, 0.2) is 0 Å². The molecule has 4 nitrogen and oxygen atoms in total. The lowest BCUT2D eigenvalue weighted by Gasteiger charge is -2.23. The first-order valence-electron chi connectivity index (χ1n) is 10.2. The van der Waals surface area contributed by atoms with Crippen molar-refractivity contribution in [3.63, 3.8) is 0 Å². The minimum absolute atomic E-state index is 0.00438. The van der Waals surface area contributed by atoms with Gasteiger partial charge in [-0.2, -0.15) is 0 Å². The minimum atomic E-state index is -0.0211. The molecule has 0 saturated carbocycles. The van der Waals surface area contributed by atoms with Gasteiger partial charge >= 0.3 is 0 Å². The molecule has 0 unspecified atom stereocenters. The van der Waals surface area contributed by atoms with Crippen molar-refractivity contribution in [2.45, 2.75) is 39.2 Å². The lowest BCUT2D eigenvalue weighted by Crippen LogP contribution is -2.30. The Kier molecular flexibility index (Phi) is 5.29. The van der Waals surface area contributed by atoms with Gasteiger partial charge in [0.05, 0.1) is 17.1 Å². The van der Waals surface area contributed by atoms with E-state index in [1.807, 2.05) is 49.4 Å². The molecule has 2 heterocycles. The molecule has 1 saturated heterocycles. The number of aromatic nitrogens is 1. The van der Waals surface area contributed by atoms with Gasteiger partial charge in [-0.1, -0.05) is 55.5 Å². The molecule has 144 valence electrons. The van der Waals surface area contributed by atoms with Gasteiger partial charge in [0.25, 0.3) is 5.91 Å². The van der Waals surface area contributed by atoms with E-state index in [1.165, 1.54) is 12.8 Å². The maximum Gasteiger partial charge on any atom is 0.252 e. The highest BCUT2D eigenvalue weighted by molar-refractivity contribution is 6.08. The summed E-state index contributed by atoms with van der Waals surface area (Å²) < 4.78 is 0. The molecule has 4 rings (SSSR count). The van der Waals surface area contributed by atoms with Crippen LogP contribution in [0.2, 0.25) is 0 Å². The summed E-state index contributed by atoms with van der Waals surface area (Å²) in [6.07, 6.45) is 3.21. The van der Waals surface area contributed by atoms with Crippen molar-refractivity contribution in [2.24, 2.45) is 0 Å². The lowest BCUT2D eigenvalue weighted by molar-refractivity contribution is 0.0936. The first-order valence-corrected chi connectivity index (χ1v) is 10.2. The van der Waals surface area contributed by atoms with E-state index in [9.17, 15) is 4.79 Å². The summed E-state index contributed by atoms with van der Waals surface area (Å²) in [5.74, 6) is 0.932. The van der Waals surface area contributed by atoms with E-state index in [2.05, 4.69) is 29.3 Å². The van der Waals surface area contributed by atoms with Crippen LogP contribution in [0.1, 0.15) is 53.7 Å². The van der Waals surface area contributed by atoms with Crippen LogP contribution in [0.4, 0.5) is 5.82 Å². The zero-order valence-corrected chi connectivity index (χ0v) is 16.6. The number of benzene rings is 2. The molecule has 1 amide bonds. The van der Waals surface area contributed by atoms with Gasteiger partial charge in [0.1, 0.15) is 5.82 Å². The molecule has 1 aliphatic rings. The molecule has 3 aromatic rings. The topological polar surface area (TPSA) is 45.2 Å². The van der Waals surface area contributed by atoms with Crippen molar-refractivity contribution < 1.29 is 4.79 Å². The maximum atomic E-state index is 13.4. The molecule has 28 heavy (non-hydrogen) atoms. The monoisotopic (exact) mass is 373 g/mol. The normalized spacial score (nSPS) is 15.0. The van der Waals surface area contributed by atoms with E-state index in [1.54, 1.807) is 0 Å². The Balaban J connectivity index is 1.76. The SMILES string of the molecule is CC[C@H](NC(=O)c1c(C)c(N2CCCC2)nc2ccccc12)c1ccccc1. The largest absolute Gasteiger partial charge is 0.356 e. The number of amides is 1. The fraction of sp³-hybridized carbons (Fsp3) is 0.333. The summed E-state index contributed by atoms with van der Waals surface area (Å²) in [5, 5.41) is 4.18. The highest BCUT2D eigenvalue weighted by atomic mass is 16.1. The molecule has 0 radical (unpaired) electrons. The van der Waals surface area contributed by atoms with Crippen LogP contribution >= 0.6 is 0 Å². The molecule has 1 aliphatic heterocycles. The summed E-state index contributed by atoms with van der Waals surface area (Å²) in [7, 11) is 0. The van der Waals surface area contributed by atoms with Crippen LogP contribution in [0, 0.1) is 6.92 Å². The van der Waals surface area contributed by atoms with E-state index in [4.69, 9.17) is 4.98 Å². The average Bonchev–Trinajstić information content (AvgIpc) is 3.26. The molecule has 2 aromatic carbocycles. The minimum Gasteiger partial charge on any atom is -0.356 e. The molecule has 1 fully saturated rings. The fourth-order valence-electron chi connectivity index (χ4n) is 4.16. The van der Waals surface area contributed by atoms with E-state index < -0.39 is 0 Å². The van der Waals surface area contributed by atoms with E-state index >= 15 is 0 Å². The zero-order chi connectivity index (χ0) is 19.5. The number of nitrogens with zero attached hydrogens (tertiary/aromatic N) is 2. The van der Waals surface area contributed by atoms with Gasteiger partial charge in [-0.05, 0) is 37.8 Å². The predicted octanol–water partition coefficient (Wildman–Crippen LogP) is 5.02. The summed E-state index contributed by atoms with van der Waals surface area (Å²) in [5.41, 5.74) is 3.74. The number of nitrogens with one attached hydrogen (secondary N) is 1. The van der Waals surface area contributed by atoms with Crippen LogP contribution in [0.5, 0.6) is 0 Å². The van der Waals surface area contributed by atoms with Gasteiger partial charge in [-0.15, -0.1) is 0 Å². The number of anilines is 1. The molecule has 1 atom stereocenters. The smallest absolute Gasteiger partial charge is 0.252 e. The van der Waals surface area contributed by atoms with Crippen molar-refractivity contribution in [1.82, 2.24) is 10.3 Å². The number of hydrogen-bond donors (Lipinski definition) is 1. The van der Waals surface area contributed by atoms with Crippen molar-refractivity contribution in [1.29, 1.82) is 0 Å². The van der Waals surface area contributed by atoms with Crippen molar-refractivity contribution in [3.8, 4) is 0 Å². The number of pyridine rings is 1. The third-order valence-corrected chi connectivity index (χ3v) is 5.66. The second kappa shape index (κ2) is 8.01. The van der Waals surface area contributed by atoms with E-state index in [0.29, 0.717) is 0 Å². The van der Waals surface area contributed by atoms with Gasteiger partial charge in [-0.25, -0.2) is 4.98 Å². The van der Waals surface area contributed by atoms with Gasteiger partial charge in [0, 0.05) is 24.0 Å². The number of fused-ring (bicyclic) bond motifs is 1. The second-order valence-corrected chi connectivity index (χ2v) is 7.49. The number of rotatable bonds is 5. The molecule has 0 aliphatic carbocycles. The molecule has 0 bridgehead atoms. The Labute approximate surface area is 166 Å². The van der Waals surface area contributed by atoms with Crippen LogP contribution in [0.15, 0.2) is 54.6 Å². The van der Waals surface area contributed by atoms with Crippen molar-refractivity contribution in [3.05, 3.63) is 71.3 Å². The highest BCUT2D eigenvalue weighted by Crippen LogP contribution is 2.31. The van der Waals surface area contributed by atoms with Gasteiger partial charge < -0.3 is 10.2 Å². The standard InChI is InChI=1S/C24H27N3O/c1-3-20(18-11-5-4-6-12-18)26-24(28)22-17(2)23(27-15-9-10-16-27)25-21-14-8-7-13-19(21)22/h4-8,11-14,20H,3,9-10,15-16H2,1-2H3,(H,26,28)/t20-/m0/s1. The third kappa shape index (κ3) is 3.47. The van der Waals surface area contributed by atoms with Gasteiger partial charge in [-0.3, -0.25) is 4.79 Å². The van der Waals surface area contributed by atoms with Crippen LogP contribution in [-0.2, 0) is 0 Å². The Hall–Kier alpha value is -2.88. The summed E-state index contributed by atoms with van der Waals surface area (Å²) >= 11 is 0.